The topological polar surface area (TPSA) is 84.5 Å². The van der Waals surface area contributed by atoms with Gasteiger partial charge in [-0.1, -0.05) is 23.7 Å². The molecule has 1 amide bonds. The number of aryl methyl sites for hydroxylation is 2. The molecule has 0 saturated carbocycles. The Labute approximate surface area is 145 Å². The molecule has 0 radical (unpaired) electrons. The molecule has 0 aromatic heterocycles. The third-order valence-electron chi connectivity index (χ3n) is 3.28. The highest BCUT2D eigenvalue weighted by Crippen LogP contribution is 2.16. The van der Waals surface area contributed by atoms with E-state index in [1.807, 2.05) is 24.7 Å². The summed E-state index contributed by atoms with van der Waals surface area (Å²) in [4.78, 5) is 13.7. The Morgan fingerprint density at radius 1 is 1.12 bits per heavy atom. The summed E-state index contributed by atoms with van der Waals surface area (Å²) >= 11 is 5.76. The van der Waals surface area contributed by atoms with Gasteiger partial charge in [0.2, 0.25) is 0 Å². The molecule has 0 heterocycles. The van der Waals surface area contributed by atoms with Crippen LogP contribution in [0.15, 0.2) is 47.4 Å². The maximum Gasteiger partial charge on any atom is 0.272 e. The van der Waals surface area contributed by atoms with Crippen LogP contribution < -0.4 is 15.0 Å². The first-order valence-electron chi connectivity index (χ1n) is 7.04. The Morgan fingerprint density at radius 3 is 2.54 bits per heavy atom. The summed E-state index contributed by atoms with van der Waals surface area (Å²) in [5.74, 6) is -0.0928. The second-order valence-corrected chi connectivity index (χ2v) is 7.26. The standard InChI is InChI=1S/C16H17ClN2O4S/c1-11-6-7-14(8-12(11)2)23-10-16(20)18-19-24(21,22)15-5-3-4-13(17)9-15/h3-9,19H,10H2,1-2H3,(H,18,20). The molecule has 8 heteroatoms. The maximum absolute atomic E-state index is 12.0. The van der Waals surface area contributed by atoms with E-state index in [1.54, 1.807) is 18.2 Å². The van der Waals surface area contributed by atoms with E-state index in [9.17, 15) is 13.2 Å². The SMILES string of the molecule is Cc1ccc(OCC(=O)NNS(=O)(=O)c2cccc(Cl)c2)cc1C. The predicted molar refractivity (Wildman–Crippen MR) is 91.3 cm³/mol. The van der Waals surface area contributed by atoms with Gasteiger partial charge >= 0.3 is 0 Å². The van der Waals surface area contributed by atoms with Gasteiger partial charge in [-0.3, -0.25) is 10.2 Å². The van der Waals surface area contributed by atoms with Crippen molar-refractivity contribution in [1.82, 2.24) is 10.3 Å². The number of halogens is 1. The Bertz CT molecular complexity index is 853. The number of carbonyl (C=O) groups excluding carboxylic acids is 1. The number of rotatable bonds is 6. The van der Waals surface area contributed by atoms with E-state index in [2.05, 4.69) is 5.43 Å². The van der Waals surface area contributed by atoms with Crippen molar-refractivity contribution in [2.75, 3.05) is 6.61 Å². The first-order chi connectivity index (χ1) is 11.3. The van der Waals surface area contributed by atoms with Crippen LogP contribution in [0.1, 0.15) is 11.1 Å². The average Bonchev–Trinajstić information content (AvgIpc) is 2.54. The summed E-state index contributed by atoms with van der Waals surface area (Å²) in [5, 5.41) is 0.280. The lowest BCUT2D eigenvalue weighted by Crippen LogP contribution is -2.43. The molecule has 2 rings (SSSR count). The maximum atomic E-state index is 12.0. The molecular weight excluding hydrogens is 352 g/mol. The van der Waals surface area contributed by atoms with Crippen LogP contribution in [0.25, 0.3) is 0 Å². The van der Waals surface area contributed by atoms with E-state index in [4.69, 9.17) is 16.3 Å². The van der Waals surface area contributed by atoms with E-state index < -0.39 is 15.9 Å². The average molecular weight is 369 g/mol. The predicted octanol–water partition coefficient (Wildman–Crippen LogP) is 2.35. The number of hydrogen-bond acceptors (Lipinski definition) is 4. The number of sulfonamides is 1. The number of hydrogen-bond donors (Lipinski definition) is 2. The molecule has 0 atom stereocenters. The van der Waals surface area contributed by atoms with Gasteiger partial charge in [-0.25, -0.2) is 8.42 Å². The van der Waals surface area contributed by atoms with Crippen molar-refractivity contribution in [3.63, 3.8) is 0 Å². The van der Waals surface area contributed by atoms with Gasteiger partial charge in [0, 0.05) is 5.02 Å². The Morgan fingerprint density at radius 2 is 1.88 bits per heavy atom. The second kappa shape index (κ2) is 7.65. The fourth-order valence-corrected chi connectivity index (χ4v) is 2.97. The van der Waals surface area contributed by atoms with Gasteiger partial charge in [0.25, 0.3) is 15.9 Å². The zero-order valence-corrected chi connectivity index (χ0v) is 14.7. The van der Waals surface area contributed by atoms with E-state index in [-0.39, 0.29) is 16.5 Å². The van der Waals surface area contributed by atoms with Gasteiger partial charge in [-0.05, 0) is 55.3 Å². The van der Waals surface area contributed by atoms with Crippen molar-refractivity contribution in [2.24, 2.45) is 0 Å². The number of benzene rings is 2. The van der Waals surface area contributed by atoms with Crippen LogP contribution in [-0.2, 0) is 14.8 Å². The minimum absolute atomic E-state index is 0.0506. The van der Waals surface area contributed by atoms with Crippen LogP contribution >= 0.6 is 11.6 Å². The molecule has 0 aliphatic heterocycles. The van der Waals surface area contributed by atoms with Crippen LogP contribution in [0.5, 0.6) is 5.75 Å². The molecule has 6 nitrogen and oxygen atoms in total. The smallest absolute Gasteiger partial charge is 0.272 e. The number of ether oxygens (including phenoxy) is 1. The third kappa shape index (κ3) is 4.95. The molecule has 2 aromatic carbocycles. The van der Waals surface area contributed by atoms with Crippen LogP contribution in [0, 0.1) is 13.8 Å². The van der Waals surface area contributed by atoms with Gasteiger partial charge in [0.1, 0.15) is 5.75 Å². The van der Waals surface area contributed by atoms with E-state index >= 15 is 0 Å². The highest BCUT2D eigenvalue weighted by Gasteiger charge is 2.15. The summed E-state index contributed by atoms with van der Waals surface area (Å²) < 4.78 is 29.4. The normalized spacial score (nSPS) is 11.1. The quantitative estimate of drug-likeness (QED) is 0.766. The van der Waals surface area contributed by atoms with Crippen LogP contribution in [0.4, 0.5) is 0 Å². The van der Waals surface area contributed by atoms with Crippen LogP contribution in [0.3, 0.4) is 0 Å². The van der Waals surface area contributed by atoms with Crippen LogP contribution in [0.2, 0.25) is 5.02 Å². The molecule has 128 valence electrons. The number of amides is 1. The summed E-state index contributed by atoms with van der Waals surface area (Å²) in [5.41, 5.74) is 4.24. The molecule has 2 aromatic rings. The van der Waals surface area contributed by atoms with Crippen molar-refractivity contribution < 1.29 is 17.9 Å². The van der Waals surface area contributed by atoms with Gasteiger partial charge in [0.15, 0.2) is 6.61 Å². The second-order valence-electron chi connectivity index (χ2n) is 5.15. The molecule has 0 fully saturated rings. The van der Waals surface area contributed by atoms with Crippen molar-refractivity contribution >= 4 is 27.5 Å². The highest BCUT2D eigenvalue weighted by atomic mass is 35.5. The van der Waals surface area contributed by atoms with Crippen LogP contribution in [-0.4, -0.2) is 20.9 Å². The molecule has 24 heavy (non-hydrogen) atoms. The summed E-state index contributed by atoms with van der Waals surface area (Å²) in [7, 11) is -3.90. The molecule has 0 bridgehead atoms. The Balaban J connectivity index is 1.89. The minimum Gasteiger partial charge on any atom is -0.484 e. The molecule has 0 aliphatic rings. The van der Waals surface area contributed by atoms with Crippen molar-refractivity contribution in [3.8, 4) is 5.75 Å². The van der Waals surface area contributed by atoms with E-state index in [0.717, 1.165) is 11.1 Å². The molecule has 0 unspecified atom stereocenters. The fourth-order valence-electron chi connectivity index (χ4n) is 1.81. The zero-order valence-electron chi connectivity index (χ0n) is 13.2. The van der Waals surface area contributed by atoms with Gasteiger partial charge in [-0.2, -0.15) is 0 Å². The third-order valence-corrected chi connectivity index (χ3v) is 4.76. The molecule has 2 N–H and O–H groups in total. The summed E-state index contributed by atoms with van der Waals surface area (Å²) in [6.07, 6.45) is 0. The highest BCUT2D eigenvalue weighted by molar-refractivity contribution is 7.89. The monoisotopic (exact) mass is 368 g/mol. The summed E-state index contributed by atoms with van der Waals surface area (Å²) in [6.45, 7) is 3.58. The molecule has 0 aliphatic carbocycles. The fraction of sp³-hybridized carbons (Fsp3) is 0.188. The van der Waals surface area contributed by atoms with E-state index in [1.165, 1.54) is 18.2 Å². The molecule has 0 saturated heterocycles. The molecular formula is C16H17ClN2O4S. The first kappa shape index (κ1) is 18.3. The number of nitrogens with one attached hydrogen (secondary N) is 2. The van der Waals surface area contributed by atoms with E-state index in [0.29, 0.717) is 5.75 Å². The lowest BCUT2D eigenvalue weighted by Gasteiger charge is -2.10. The largest absolute Gasteiger partial charge is 0.484 e. The first-order valence-corrected chi connectivity index (χ1v) is 8.90. The lowest BCUT2D eigenvalue weighted by atomic mass is 10.1. The minimum atomic E-state index is -3.90. The lowest BCUT2D eigenvalue weighted by molar-refractivity contribution is -0.123. The summed E-state index contributed by atoms with van der Waals surface area (Å²) in [6, 6.07) is 11.1. The van der Waals surface area contributed by atoms with Gasteiger partial charge < -0.3 is 4.74 Å². The molecule has 0 spiro atoms. The zero-order chi connectivity index (χ0) is 17.7. The van der Waals surface area contributed by atoms with Gasteiger partial charge in [0.05, 0.1) is 4.90 Å². The van der Waals surface area contributed by atoms with Gasteiger partial charge in [-0.15, -0.1) is 4.83 Å². The Kier molecular flexibility index (Phi) is 5.82. The Hall–Kier alpha value is -2.09. The van der Waals surface area contributed by atoms with Crippen molar-refractivity contribution in [1.29, 1.82) is 0 Å². The number of hydrazine groups is 1. The number of carbonyl (C=O) groups is 1. The van der Waals surface area contributed by atoms with Crippen molar-refractivity contribution in [3.05, 3.63) is 58.6 Å². The van der Waals surface area contributed by atoms with Crippen molar-refractivity contribution in [2.45, 2.75) is 18.7 Å².